The summed E-state index contributed by atoms with van der Waals surface area (Å²) in [5.41, 5.74) is 1.16. The maximum absolute atomic E-state index is 12.4. The molecule has 2 unspecified atom stereocenters. The van der Waals surface area contributed by atoms with Gasteiger partial charge in [0.15, 0.2) is 12.2 Å². The highest BCUT2D eigenvalue weighted by Crippen LogP contribution is 2.43. The molecule has 2 atom stereocenters. The zero-order chi connectivity index (χ0) is 36.0. The second-order valence-electron chi connectivity index (χ2n) is 13.0. The molecular formula is C42H62O8. The minimum Gasteiger partial charge on any atom is -0.488 e. The Morgan fingerprint density at radius 2 is 1.00 bits per heavy atom. The second-order valence-corrected chi connectivity index (χ2v) is 13.0. The molecule has 3 aromatic rings. The van der Waals surface area contributed by atoms with Gasteiger partial charge in [-0.3, -0.25) is 9.59 Å². The molecule has 0 N–H and O–H groups in total. The van der Waals surface area contributed by atoms with E-state index in [1.165, 1.54) is 38.5 Å². The van der Waals surface area contributed by atoms with Gasteiger partial charge in [0.2, 0.25) is 0 Å². The highest BCUT2D eigenvalue weighted by molar-refractivity contribution is 6.11. The monoisotopic (exact) mass is 694 g/mol. The predicted molar refractivity (Wildman–Crippen MR) is 201 cm³/mol. The van der Waals surface area contributed by atoms with Gasteiger partial charge in [0, 0.05) is 47.6 Å². The first-order valence-electron chi connectivity index (χ1n) is 19.2. The lowest BCUT2D eigenvalue weighted by atomic mass is 9.98. The van der Waals surface area contributed by atoms with Gasteiger partial charge in [0.25, 0.3) is 0 Å². The number of fused-ring (bicyclic) bond motifs is 2. The summed E-state index contributed by atoms with van der Waals surface area (Å²) in [6.07, 6.45) is 11.8. The lowest BCUT2D eigenvalue weighted by Gasteiger charge is -2.23. The van der Waals surface area contributed by atoms with E-state index in [0.717, 1.165) is 59.2 Å². The van der Waals surface area contributed by atoms with Crippen molar-refractivity contribution >= 4 is 33.5 Å². The van der Waals surface area contributed by atoms with Crippen LogP contribution in [0.4, 0.5) is 0 Å². The van der Waals surface area contributed by atoms with Gasteiger partial charge in [-0.1, -0.05) is 122 Å². The molecular weight excluding hydrogens is 632 g/mol. The van der Waals surface area contributed by atoms with Gasteiger partial charge in [0.05, 0.1) is 13.2 Å². The van der Waals surface area contributed by atoms with Crippen LogP contribution in [0.3, 0.4) is 0 Å². The number of hydrogen-bond acceptors (Lipinski definition) is 8. The molecule has 0 bridgehead atoms. The number of rotatable bonds is 27. The summed E-state index contributed by atoms with van der Waals surface area (Å²) in [7, 11) is 0. The van der Waals surface area contributed by atoms with Crippen LogP contribution < -0.4 is 9.47 Å². The summed E-state index contributed by atoms with van der Waals surface area (Å²) in [5, 5.41) is 3.55. The van der Waals surface area contributed by atoms with Crippen LogP contribution in [-0.2, 0) is 35.0 Å². The Morgan fingerprint density at radius 1 is 0.540 bits per heavy atom. The van der Waals surface area contributed by atoms with E-state index in [0.29, 0.717) is 24.7 Å². The summed E-state index contributed by atoms with van der Waals surface area (Å²) in [4.78, 5) is 24.7. The number of ether oxygens (including phenoxy) is 6. The van der Waals surface area contributed by atoms with Gasteiger partial charge >= 0.3 is 11.9 Å². The van der Waals surface area contributed by atoms with Gasteiger partial charge in [-0.2, -0.15) is 0 Å². The normalized spacial score (nSPS) is 12.6. The van der Waals surface area contributed by atoms with Gasteiger partial charge in [-0.25, -0.2) is 0 Å². The summed E-state index contributed by atoms with van der Waals surface area (Å²) in [6.45, 7) is 12.2. The molecule has 3 rings (SSSR count). The van der Waals surface area contributed by atoms with E-state index < -0.39 is 12.2 Å². The fourth-order valence-electron chi connectivity index (χ4n) is 5.85. The number of carbonyl (C=O) groups excluding carboxylic acids is 2. The Labute approximate surface area is 300 Å². The Hall–Kier alpha value is -3.36. The van der Waals surface area contributed by atoms with E-state index in [1.807, 2.05) is 24.3 Å². The molecule has 50 heavy (non-hydrogen) atoms. The average molecular weight is 695 g/mol. The van der Waals surface area contributed by atoms with Gasteiger partial charge in [0.1, 0.15) is 24.7 Å². The topological polar surface area (TPSA) is 89.5 Å². The molecule has 8 heteroatoms. The Balaban J connectivity index is 1.85. The lowest BCUT2D eigenvalue weighted by Crippen LogP contribution is -2.30. The largest absolute Gasteiger partial charge is 0.488 e. The van der Waals surface area contributed by atoms with Gasteiger partial charge in [-0.05, 0) is 30.9 Å². The second kappa shape index (κ2) is 23.9. The molecule has 0 saturated heterocycles. The predicted octanol–water partition coefficient (Wildman–Crippen LogP) is 9.93. The fourth-order valence-corrected chi connectivity index (χ4v) is 5.85. The summed E-state index contributed by atoms with van der Waals surface area (Å²) in [6, 6.07) is 14.3. The minimum absolute atomic E-state index is 0.154. The average Bonchev–Trinajstić information content (AvgIpc) is 3.14. The Bertz CT molecular complexity index is 1420. The number of unbranched alkanes of at least 4 members (excludes halogenated alkanes) is 8. The van der Waals surface area contributed by atoms with Gasteiger partial charge < -0.3 is 28.4 Å². The van der Waals surface area contributed by atoms with E-state index in [9.17, 15) is 9.59 Å². The third-order valence-electron chi connectivity index (χ3n) is 8.79. The minimum atomic E-state index is -0.544. The van der Waals surface area contributed by atoms with E-state index in [4.69, 9.17) is 28.4 Å². The van der Waals surface area contributed by atoms with Crippen molar-refractivity contribution in [3.05, 3.63) is 48.0 Å². The number of esters is 2. The zero-order valence-corrected chi connectivity index (χ0v) is 31.4. The van der Waals surface area contributed by atoms with Crippen LogP contribution in [0.2, 0.25) is 0 Å². The van der Waals surface area contributed by atoms with E-state index in [1.54, 1.807) is 13.8 Å². The first-order valence-corrected chi connectivity index (χ1v) is 19.2. The molecule has 0 heterocycles. The highest BCUT2D eigenvalue weighted by Gasteiger charge is 2.22. The van der Waals surface area contributed by atoms with Crippen molar-refractivity contribution < 1.29 is 38.0 Å². The Morgan fingerprint density at radius 3 is 1.46 bits per heavy atom. The smallest absolute Gasteiger partial charge is 0.305 e. The number of carbonyl (C=O) groups is 2. The summed E-state index contributed by atoms with van der Waals surface area (Å²) >= 11 is 0. The third kappa shape index (κ3) is 13.7. The van der Waals surface area contributed by atoms with Crippen LogP contribution in [0.1, 0.15) is 117 Å². The molecule has 0 radical (unpaired) electrons. The first kappa shape index (κ1) is 41.1. The van der Waals surface area contributed by atoms with Gasteiger partial charge in [-0.15, -0.1) is 0 Å². The van der Waals surface area contributed by atoms with Crippen molar-refractivity contribution in [2.75, 3.05) is 39.6 Å². The highest BCUT2D eigenvalue weighted by atomic mass is 16.6. The first-order chi connectivity index (χ1) is 24.4. The third-order valence-corrected chi connectivity index (χ3v) is 8.79. The fraction of sp³-hybridized carbons (Fsp3) is 0.619. The molecule has 0 saturated carbocycles. The number of hydrogen-bond donors (Lipinski definition) is 0. The number of benzene rings is 3. The van der Waals surface area contributed by atoms with Crippen molar-refractivity contribution in [1.29, 1.82) is 0 Å². The van der Waals surface area contributed by atoms with E-state index >= 15 is 0 Å². The van der Waals surface area contributed by atoms with Crippen molar-refractivity contribution in [1.82, 2.24) is 0 Å². The maximum Gasteiger partial charge on any atom is 0.305 e. The van der Waals surface area contributed by atoms with Crippen molar-refractivity contribution in [2.24, 2.45) is 0 Å². The standard InChI is InChI=1S/C42H62O8/c1-6-11-13-15-19-25-45-28-33(49-39(43)9-4)30-47-41-35-21-17-18-22-36(35)42(38-27-32(8-3)23-24-37(38)41)48-31-34(50-40(44)10-5)29-46-26-20-16-14-12-7-2/h17-18,21-24,27,33-34H,6-16,19-20,25-26,28-31H2,1-5H3. The molecule has 0 fully saturated rings. The molecule has 0 aliphatic rings. The Kier molecular flexibility index (Phi) is 19.7. The van der Waals surface area contributed by atoms with E-state index in [2.05, 4.69) is 39.0 Å². The SMILES string of the molecule is CCCCCCCOCC(COc1c2ccccc2c(OCC(COCCCCCCC)OC(=O)CC)c2cc(CC)ccc12)OC(=O)CC. The van der Waals surface area contributed by atoms with Crippen LogP contribution in [0.15, 0.2) is 42.5 Å². The van der Waals surface area contributed by atoms with Crippen molar-refractivity contribution in [3.8, 4) is 11.5 Å². The van der Waals surface area contributed by atoms with Crippen LogP contribution in [0.5, 0.6) is 11.5 Å². The summed E-state index contributed by atoms with van der Waals surface area (Å²) in [5.74, 6) is 0.837. The molecule has 0 spiro atoms. The lowest BCUT2D eigenvalue weighted by molar-refractivity contribution is -0.154. The van der Waals surface area contributed by atoms with Crippen LogP contribution in [0.25, 0.3) is 21.5 Å². The molecule has 3 aromatic carbocycles. The van der Waals surface area contributed by atoms with Crippen LogP contribution in [-0.4, -0.2) is 63.8 Å². The summed E-state index contributed by atoms with van der Waals surface area (Å²) < 4.78 is 36.6. The zero-order valence-electron chi connectivity index (χ0n) is 31.4. The molecule has 0 aromatic heterocycles. The van der Waals surface area contributed by atoms with Crippen LogP contribution >= 0.6 is 0 Å². The molecule has 0 aliphatic carbocycles. The quantitative estimate of drug-likeness (QED) is 0.0443. The van der Waals surface area contributed by atoms with Crippen molar-refractivity contribution in [3.63, 3.8) is 0 Å². The maximum atomic E-state index is 12.4. The van der Waals surface area contributed by atoms with E-state index in [-0.39, 0.29) is 51.2 Å². The van der Waals surface area contributed by atoms with Crippen molar-refractivity contribution in [2.45, 2.75) is 130 Å². The molecule has 8 nitrogen and oxygen atoms in total. The molecule has 278 valence electrons. The van der Waals surface area contributed by atoms with Crippen LogP contribution in [0, 0.1) is 0 Å². The molecule has 0 aliphatic heterocycles. The molecule has 0 amide bonds. The number of aryl methyl sites for hydroxylation is 1.